The van der Waals surface area contributed by atoms with Crippen molar-refractivity contribution in [3.63, 3.8) is 0 Å². The third kappa shape index (κ3) is 1.80. The molecule has 2 aromatic rings. The van der Waals surface area contributed by atoms with E-state index in [9.17, 15) is 0 Å². The van der Waals surface area contributed by atoms with Crippen molar-refractivity contribution in [1.29, 1.82) is 0 Å². The van der Waals surface area contributed by atoms with Crippen LogP contribution in [0, 0.1) is 0 Å². The average molecular weight is 200 g/mol. The Hall–Kier alpha value is -1.57. The van der Waals surface area contributed by atoms with Crippen LogP contribution in [0.25, 0.3) is 11.3 Å². The zero-order chi connectivity index (χ0) is 10.7. The van der Waals surface area contributed by atoms with Crippen LogP contribution in [0.4, 0.5) is 0 Å². The van der Waals surface area contributed by atoms with Crippen LogP contribution in [0.5, 0.6) is 0 Å². The first-order chi connectivity index (χ1) is 7.36. The highest BCUT2D eigenvalue weighted by Crippen LogP contribution is 2.25. The van der Waals surface area contributed by atoms with Crippen LogP contribution in [0.2, 0.25) is 0 Å². The number of benzene rings is 1. The Bertz CT molecular complexity index is 443. The summed E-state index contributed by atoms with van der Waals surface area (Å²) >= 11 is 0. The van der Waals surface area contributed by atoms with E-state index in [1.807, 2.05) is 6.20 Å². The van der Waals surface area contributed by atoms with Crippen LogP contribution < -0.4 is 0 Å². The quantitative estimate of drug-likeness (QED) is 0.809. The van der Waals surface area contributed by atoms with Gasteiger partial charge in [0.1, 0.15) is 0 Å². The van der Waals surface area contributed by atoms with Crippen molar-refractivity contribution in [2.75, 3.05) is 0 Å². The third-order valence-electron chi connectivity index (χ3n) is 2.77. The maximum Gasteiger partial charge on any atom is 0.0684 e. The van der Waals surface area contributed by atoms with Crippen molar-refractivity contribution in [2.45, 2.75) is 26.7 Å². The predicted octanol–water partition coefficient (Wildman–Crippen LogP) is 3.20. The molecular weight excluding hydrogens is 184 g/mol. The fraction of sp³-hybridized carbons (Fsp3) is 0.308. The molecule has 2 heteroatoms. The zero-order valence-electron chi connectivity index (χ0n) is 9.25. The molecule has 1 N–H and O–H groups in total. The molecule has 0 saturated carbocycles. The minimum Gasteiger partial charge on any atom is -0.278 e. The highest BCUT2D eigenvalue weighted by atomic mass is 15.1. The third-order valence-corrected chi connectivity index (χ3v) is 2.77. The second-order valence-corrected chi connectivity index (χ2v) is 3.63. The SMILES string of the molecule is CCc1ccccc1-c1[nH]ncc1CC. The number of aromatic amines is 1. The first-order valence-electron chi connectivity index (χ1n) is 5.47. The zero-order valence-corrected chi connectivity index (χ0v) is 9.25. The molecule has 0 fully saturated rings. The number of rotatable bonds is 3. The summed E-state index contributed by atoms with van der Waals surface area (Å²) in [5, 5.41) is 7.22. The van der Waals surface area contributed by atoms with E-state index in [0.29, 0.717) is 0 Å². The molecule has 15 heavy (non-hydrogen) atoms. The van der Waals surface area contributed by atoms with Gasteiger partial charge in [-0.05, 0) is 24.0 Å². The van der Waals surface area contributed by atoms with Crippen molar-refractivity contribution in [3.05, 3.63) is 41.6 Å². The maximum absolute atomic E-state index is 4.12. The molecule has 0 unspecified atom stereocenters. The standard InChI is InChI=1S/C13H16N2/c1-3-10-7-5-6-8-12(10)13-11(4-2)9-14-15-13/h5-9H,3-4H2,1-2H3,(H,14,15). The summed E-state index contributed by atoms with van der Waals surface area (Å²) in [4.78, 5) is 0. The molecule has 78 valence electrons. The molecule has 0 aliphatic carbocycles. The van der Waals surface area contributed by atoms with Crippen molar-refractivity contribution >= 4 is 0 Å². The summed E-state index contributed by atoms with van der Waals surface area (Å²) in [6.07, 6.45) is 3.99. The largest absolute Gasteiger partial charge is 0.278 e. The summed E-state index contributed by atoms with van der Waals surface area (Å²) in [5.41, 5.74) is 5.12. The minimum atomic E-state index is 1.02. The Balaban J connectivity index is 2.53. The van der Waals surface area contributed by atoms with Gasteiger partial charge in [-0.25, -0.2) is 0 Å². The van der Waals surface area contributed by atoms with Crippen LogP contribution in [-0.2, 0) is 12.8 Å². The van der Waals surface area contributed by atoms with Gasteiger partial charge in [0.25, 0.3) is 0 Å². The monoisotopic (exact) mass is 200 g/mol. The first-order valence-corrected chi connectivity index (χ1v) is 5.47. The summed E-state index contributed by atoms with van der Waals surface area (Å²) in [6.45, 7) is 4.34. The van der Waals surface area contributed by atoms with Crippen molar-refractivity contribution in [2.24, 2.45) is 0 Å². The molecular formula is C13H16N2. The molecule has 1 aromatic heterocycles. The summed E-state index contributed by atoms with van der Waals surface area (Å²) in [7, 11) is 0. The number of hydrogen-bond acceptors (Lipinski definition) is 1. The van der Waals surface area contributed by atoms with Gasteiger partial charge >= 0.3 is 0 Å². The Morgan fingerprint density at radius 3 is 2.53 bits per heavy atom. The van der Waals surface area contributed by atoms with Gasteiger partial charge in [-0.3, -0.25) is 5.10 Å². The number of aryl methyl sites for hydroxylation is 2. The second-order valence-electron chi connectivity index (χ2n) is 3.63. The molecule has 0 amide bonds. The molecule has 1 heterocycles. The van der Waals surface area contributed by atoms with Gasteiger partial charge < -0.3 is 0 Å². The van der Waals surface area contributed by atoms with Gasteiger partial charge in [0.15, 0.2) is 0 Å². The van der Waals surface area contributed by atoms with Crippen LogP contribution in [-0.4, -0.2) is 10.2 Å². The average Bonchev–Trinajstić information content (AvgIpc) is 2.76. The topological polar surface area (TPSA) is 28.7 Å². The minimum absolute atomic E-state index is 1.02. The van der Waals surface area contributed by atoms with E-state index < -0.39 is 0 Å². The van der Waals surface area contributed by atoms with Gasteiger partial charge in [0.2, 0.25) is 0 Å². The number of hydrogen-bond donors (Lipinski definition) is 1. The lowest BCUT2D eigenvalue weighted by Gasteiger charge is -2.06. The van der Waals surface area contributed by atoms with Crippen molar-refractivity contribution in [1.82, 2.24) is 10.2 Å². The van der Waals surface area contributed by atoms with Gasteiger partial charge in [-0.2, -0.15) is 5.10 Å². The van der Waals surface area contributed by atoms with Gasteiger partial charge in [-0.15, -0.1) is 0 Å². The fourth-order valence-electron chi connectivity index (χ4n) is 1.88. The molecule has 0 radical (unpaired) electrons. The smallest absolute Gasteiger partial charge is 0.0684 e. The van der Waals surface area contributed by atoms with Crippen LogP contribution in [0.1, 0.15) is 25.0 Å². The number of nitrogens with zero attached hydrogens (tertiary/aromatic N) is 1. The molecule has 2 nitrogen and oxygen atoms in total. The highest BCUT2D eigenvalue weighted by Gasteiger charge is 2.08. The van der Waals surface area contributed by atoms with Crippen LogP contribution >= 0.6 is 0 Å². The van der Waals surface area contributed by atoms with E-state index in [1.54, 1.807) is 0 Å². The maximum atomic E-state index is 4.12. The second kappa shape index (κ2) is 4.30. The molecule has 1 aromatic carbocycles. The lowest BCUT2D eigenvalue weighted by molar-refractivity contribution is 1.08. The normalized spacial score (nSPS) is 10.5. The lowest BCUT2D eigenvalue weighted by Crippen LogP contribution is -1.90. The Kier molecular flexibility index (Phi) is 2.86. The van der Waals surface area contributed by atoms with Crippen LogP contribution in [0.15, 0.2) is 30.5 Å². The first kappa shape index (κ1) is 9.97. The van der Waals surface area contributed by atoms with Crippen molar-refractivity contribution < 1.29 is 0 Å². The molecule has 0 bridgehead atoms. The fourth-order valence-corrected chi connectivity index (χ4v) is 1.88. The van der Waals surface area contributed by atoms with E-state index in [1.165, 1.54) is 22.4 Å². The molecule has 0 aliphatic rings. The van der Waals surface area contributed by atoms with E-state index in [-0.39, 0.29) is 0 Å². The van der Waals surface area contributed by atoms with E-state index in [0.717, 1.165) is 12.8 Å². The predicted molar refractivity (Wildman–Crippen MR) is 62.8 cm³/mol. The molecule has 2 rings (SSSR count). The van der Waals surface area contributed by atoms with E-state index in [4.69, 9.17) is 0 Å². The summed E-state index contributed by atoms with van der Waals surface area (Å²) in [5.74, 6) is 0. The Morgan fingerprint density at radius 2 is 1.80 bits per heavy atom. The molecule has 0 aliphatic heterocycles. The van der Waals surface area contributed by atoms with E-state index in [2.05, 4.69) is 48.3 Å². The van der Waals surface area contributed by atoms with Gasteiger partial charge in [0.05, 0.1) is 11.9 Å². The Morgan fingerprint density at radius 1 is 1.07 bits per heavy atom. The van der Waals surface area contributed by atoms with Crippen molar-refractivity contribution in [3.8, 4) is 11.3 Å². The number of H-pyrrole nitrogens is 1. The lowest BCUT2D eigenvalue weighted by atomic mass is 9.99. The molecule has 0 spiro atoms. The number of nitrogens with one attached hydrogen (secondary N) is 1. The van der Waals surface area contributed by atoms with Gasteiger partial charge in [-0.1, -0.05) is 38.1 Å². The highest BCUT2D eigenvalue weighted by molar-refractivity contribution is 5.66. The summed E-state index contributed by atoms with van der Waals surface area (Å²) < 4.78 is 0. The Labute approximate surface area is 90.3 Å². The van der Waals surface area contributed by atoms with Crippen LogP contribution in [0.3, 0.4) is 0 Å². The molecule has 0 atom stereocenters. The number of aromatic nitrogens is 2. The molecule has 0 saturated heterocycles. The van der Waals surface area contributed by atoms with Gasteiger partial charge in [0, 0.05) is 5.56 Å². The summed E-state index contributed by atoms with van der Waals surface area (Å²) in [6, 6.07) is 8.50. The van der Waals surface area contributed by atoms with E-state index >= 15 is 0 Å².